The molecule has 2 aromatic carbocycles. The first-order chi connectivity index (χ1) is 12.4. The van der Waals surface area contributed by atoms with Crippen LogP contribution in [0.25, 0.3) is 21.8 Å². The molecule has 0 saturated heterocycles. The Kier molecular flexibility index (Phi) is 3.48. The van der Waals surface area contributed by atoms with E-state index in [4.69, 9.17) is 0 Å². The lowest BCUT2D eigenvalue weighted by Gasteiger charge is -2.08. The number of benzene rings is 2. The van der Waals surface area contributed by atoms with Crippen molar-refractivity contribution in [2.45, 2.75) is 16.7 Å². The number of nitro benzene ring substituents is 1. The van der Waals surface area contributed by atoms with Gasteiger partial charge in [-0.3, -0.25) is 15.1 Å². The summed E-state index contributed by atoms with van der Waals surface area (Å²) >= 11 is 0. The smallest absolute Gasteiger partial charge is 0.290 e. The van der Waals surface area contributed by atoms with Gasteiger partial charge in [-0.25, -0.2) is 13.4 Å². The fourth-order valence-electron chi connectivity index (χ4n) is 2.96. The van der Waals surface area contributed by atoms with Crippen molar-refractivity contribution >= 4 is 37.3 Å². The number of hydrogen-bond acceptors (Lipinski definition) is 6. The number of aromatic amines is 1. The van der Waals surface area contributed by atoms with Gasteiger partial charge >= 0.3 is 0 Å². The summed E-state index contributed by atoms with van der Waals surface area (Å²) in [6.07, 6.45) is 3.03. The first-order valence-electron chi connectivity index (χ1n) is 7.60. The quantitative estimate of drug-likeness (QED) is 0.438. The molecule has 0 atom stereocenters. The highest BCUT2D eigenvalue weighted by atomic mass is 32.2. The van der Waals surface area contributed by atoms with Gasteiger partial charge in [-0.1, -0.05) is 12.1 Å². The molecular weight excluding hydrogens is 356 g/mol. The standard InChI is InChI=1S/C17H12N4O4S/c1-10-19-13-7-15(21(22)23)17(8-14(13)20-10)26(24,25)16-4-2-3-11-9-18-6-5-12(11)16/h2-9H,1H3,(H,19,20). The van der Waals surface area contributed by atoms with Crippen LogP contribution in [-0.2, 0) is 9.84 Å². The predicted molar refractivity (Wildman–Crippen MR) is 94.7 cm³/mol. The van der Waals surface area contributed by atoms with Gasteiger partial charge < -0.3 is 4.98 Å². The topological polar surface area (TPSA) is 119 Å². The van der Waals surface area contributed by atoms with Crippen molar-refractivity contribution in [3.63, 3.8) is 0 Å². The number of aromatic nitrogens is 3. The summed E-state index contributed by atoms with van der Waals surface area (Å²) in [7, 11) is -4.15. The zero-order valence-corrected chi connectivity index (χ0v) is 14.3. The van der Waals surface area contributed by atoms with Crippen LogP contribution in [0.2, 0.25) is 0 Å². The normalized spacial score (nSPS) is 11.9. The van der Waals surface area contributed by atoms with Crippen LogP contribution < -0.4 is 0 Å². The number of pyridine rings is 1. The Labute approximate surface area is 147 Å². The van der Waals surface area contributed by atoms with Crippen molar-refractivity contribution in [1.29, 1.82) is 0 Å². The summed E-state index contributed by atoms with van der Waals surface area (Å²) in [5.74, 6) is 0.542. The second-order valence-corrected chi connectivity index (χ2v) is 7.66. The van der Waals surface area contributed by atoms with Gasteiger partial charge in [0.25, 0.3) is 5.69 Å². The van der Waals surface area contributed by atoms with Crippen LogP contribution in [0.5, 0.6) is 0 Å². The number of H-pyrrole nitrogens is 1. The molecule has 0 aliphatic carbocycles. The third-order valence-electron chi connectivity index (χ3n) is 4.10. The molecule has 8 nitrogen and oxygen atoms in total. The van der Waals surface area contributed by atoms with E-state index in [1.165, 1.54) is 24.4 Å². The van der Waals surface area contributed by atoms with Gasteiger partial charge in [0.15, 0.2) is 4.90 Å². The maximum atomic E-state index is 13.3. The average Bonchev–Trinajstić information content (AvgIpc) is 2.99. The van der Waals surface area contributed by atoms with Crippen LogP contribution in [-0.4, -0.2) is 28.3 Å². The molecule has 2 aromatic heterocycles. The van der Waals surface area contributed by atoms with E-state index < -0.39 is 20.4 Å². The molecule has 0 radical (unpaired) electrons. The van der Waals surface area contributed by atoms with Crippen molar-refractivity contribution in [3.05, 3.63) is 64.7 Å². The number of nitrogens with zero attached hydrogens (tertiary/aromatic N) is 3. The fourth-order valence-corrected chi connectivity index (χ4v) is 4.60. The molecule has 0 amide bonds. The van der Waals surface area contributed by atoms with E-state index in [1.807, 2.05) is 0 Å². The molecule has 2 heterocycles. The Balaban J connectivity index is 2.07. The van der Waals surface area contributed by atoms with Gasteiger partial charge in [-0.2, -0.15) is 0 Å². The summed E-state index contributed by atoms with van der Waals surface area (Å²) in [5.41, 5.74) is 0.274. The zero-order chi connectivity index (χ0) is 18.5. The predicted octanol–water partition coefficient (Wildman–Crippen LogP) is 3.16. The molecule has 0 saturated carbocycles. The average molecular weight is 368 g/mol. The van der Waals surface area contributed by atoms with Crippen LogP contribution in [0.3, 0.4) is 0 Å². The van der Waals surface area contributed by atoms with E-state index in [0.717, 1.165) is 0 Å². The van der Waals surface area contributed by atoms with E-state index in [1.54, 1.807) is 31.3 Å². The number of nitrogens with one attached hydrogen (secondary N) is 1. The zero-order valence-electron chi connectivity index (χ0n) is 13.5. The van der Waals surface area contributed by atoms with Gasteiger partial charge in [-0.15, -0.1) is 0 Å². The highest BCUT2D eigenvalue weighted by Gasteiger charge is 2.30. The molecule has 0 bridgehead atoms. The summed E-state index contributed by atoms with van der Waals surface area (Å²) in [4.78, 5) is 21.5. The lowest BCUT2D eigenvalue weighted by molar-refractivity contribution is -0.387. The maximum absolute atomic E-state index is 13.3. The Morgan fingerprint density at radius 2 is 1.96 bits per heavy atom. The van der Waals surface area contributed by atoms with Gasteiger partial charge in [0.05, 0.1) is 20.9 Å². The van der Waals surface area contributed by atoms with Gasteiger partial charge in [0.1, 0.15) is 5.82 Å². The summed E-state index contributed by atoms with van der Waals surface area (Å²) < 4.78 is 26.5. The van der Waals surface area contributed by atoms with E-state index >= 15 is 0 Å². The Bertz CT molecular complexity index is 1290. The Morgan fingerprint density at radius 1 is 1.15 bits per heavy atom. The largest absolute Gasteiger partial charge is 0.342 e. The summed E-state index contributed by atoms with van der Waals surface area (Å²) in [6, 6.07) is 8.77. The van der Waals surface area contributed by atoms with Crippen LogP contribution in [0.1, 0.15) is 5.82 Å². The SMILES string of the molecule is Cc1nc2cc(S(=O)(=O)c3cccc4cnccc34)c([N+](=O)[O-])cc2[nH]1. The van der Waals surface area contributed by atoms with Crippen LogP contribution in [0.4, 0.5) is 5.69 Å². The third kappa shape index (κ3) is 2.40. The first-order valence-corrected chi connectivity index (χ1v) is 9.09. The number of nitro groups is 1. The number of sulfone groups is 1. The van der Waals surface area contributed by atoms with Crippen LogP contribution in [0, 0.1) is 17.0 Å². The van der Waals surface area contributed by atoms with E-state index in [-0.39, 0.29) is 9.79 Å². The lowest BCUT2D eigenvalue weighted by atomic mass is 10.2. The fraction of sp³-hybridized carbons (Fsp3) is 0.0588. The number of imidazole rings is 1. The number of fused-ring (bicyclic) bond motifs is 2. The molecule has 0 aliphatic rings. The summed E-state index contributed by atoms with van der Waals surface area (Å²) in [5, 5.41) is 12.6. The molecule has 4 rings (SSSR count). The lowest BCUT2D eigenvalue weighted by Crippen LogP contribution is -2.06. The highest BCUT2D eigenvalue weighted by molar-refractivity contribution is 7.92. The van der Waals surface area contributed by atoms with Gasteiger partial charge in [0.2, 0.25) is 9.84 Å². The van der Waals surface area contributed by atoms with E-state index in [0.29, 0.717) is 27.6 Å². The van der Waals surface area contributed by atoms with E-state index in [2.05, 4.69) is 15.0 Å². The molecule has 0 unspecified atom stereocenters. The molecule has 26 heavy (non-hydrogen) atoms. The first kappa shape index (κ1) is 16.2. The Morgan fingerprint density at radius 3 is 2.73 bits per heavy atom. The minimum Gasteiger partial charge on any atom is -0.342 e. The number of aryl methyl sites for hydroxylation is 1. The second kappa shape index (κ2) is 5.60. The van der Waals surface area contributed by atoms with Gasteiger partial charge in [0, 0.05) is 29.2 Å². The highest BCUT2D eigenvalue weighted by Crippen LogP contribution is 2.35. The van der Waals surface area contributed by atoms with Crippen LogP contribution >= 0.6 is 0 Å². The molecular formula is C17H12N4O4S. The van der Waals surface area contributed by atoms with Crippen LogP contribution in [0.15, 0.2) is 58.6 Å². The molecule has 4 aromatic rings. The monoisotopic (exact) mass is 368 g/mol. The molecule has 1 N–H and O–H groups in total. The molecule has 0 aliphatic heterocycles. The number of rotatable bonds is 3. The molecule has 0 spiro atoms. The molecule has 130 valence electrons. The van der Waals surface area contributed by atoms with E-state index in [9.17, 15) is 18.5 Å². The third-order valence-corrected chi connectivity index (χ3v) is 5.94. The molecule has 9 heteroatoms. The minimum absolute atomic E-state index is 0.00731. The van der Waals surface area contributed by atoms with Crippen molar-refractivity contribution in [3.8, 4) is 0 Å². The minimum atomic E-state index is -4.15. The molecule has 0 fully saturated rings. The van der Waals surface area contributed by atoms with Crippen molar-refractivity contribution in [2.24, 2.45) is 0 Å². The van der Waals surface area contributed by atoms with Crippen molar-refractivity contribution in [2.75, 3.05) is 0 Å². The second-order valence-electron chi connectivity index (χ2n) is 5.77. The Hall–Kier alpha value is -3.33. The summed E-state index contributed by atoms with van der Waals surface area (Å²) in [6.45, 7) is 1.69. The van der Waals surface area contributed by atoms with Crippen molar-refractivity contribution < 1.29 is 13.3 Å². The number of hydrogen-bond donors (Lipinski definition) is 1. The van der Waals surface area contributed by atoms with Crippen molar-refractivity contribution in [1.82, 2.24) is 15.0 Å². The maximum Gasteiger partial charge on any atom is 0.290 e. The van der Waals surface area contributed by atoms with Gasteiger partial charge in [-0.05, 0) is 25.1 Å².